The summed E-state index contributed by atoms with van der Waals surface area (Å²) in [6, 6.07) is 0.113. The van der Waals surface area contributed by atoms with Gasteiger partial charge in [-0.2, -0.15) is 0 Å². The molecule has 1 aromatic carbocycles. The molecule has 1 atom stereocenters. The lowest BCUT2D eigenvalue weighted by Crippen LogP contribution is -2.33. The Bertz CT molecular complexity index is 456. The van der Waals surface area contributed by atoms with Gasteiger partial charge in [-0.15, -0.1) is 0 Å². The summed E-state index contributed by atoms with van der Waals surface area (Å²) >= 11 is 0. The molecule has 1 unspecified atom stereocenters. The van der Waals surface area contributed by atoms with E-state index in [1.807, 2.05) is 0 Å². The lowest BCUT2D eigenvalue weighted by Gasteiger charge is -2.23. The second kappa shape index (κ2) is 3.91. The van der Waals surface area contributed by atoms with Gasteiger partial charge >= 0.3 is 0 Å². The van der Waals surface area contributed by atoms with E-state index in [1.165, 1.54) is 7.11 Å². The van der Waals surface area contributed by atoms with E-state index in [4.69, 9.17) is 10.5 Å². The zero-order chi connectivity index (χ0) is 12.8. The van der Waals surface area contributed by atoms with Crippen molar-refractivity contribution in [3.8, 4) is 5.75 Å². The Labute approximate surface area is 97.6 Å². The normalized spacial score (nSPS) is 18.9. The standard InChI is InChI=1S/C12H14F3NO/c1-6(16)12(3-4-12)9-10(15)7(13)5-8(14)11(9)17-2/h5-6H,3-4,16H2,1-2H3. The molecule has 0 amide bonds. The largest absolute Gasteiger partial charge is 0.493 e. The van der Waals surface area contributed by atoms with Crippen molar-refractivity contribution >= 4 is 0 Å². The van der Waals surface area contributed by atoms with Crippen LogP contribution < -0.4 is 10.5 Å². The van der Waals surface area contributed by atoms with Crippen molar-refractivity contribution in [3.05, 3.63) is 29.1 Å². The summed E-state index contributed by atoms with van der Waals surface area (Å²) in [4.78, 5) is 0. The molecule has 1 aliphatic rings. The second-order valence-electron chi connectivity index (χ2n) is 4.51. The average Bonchev–Trinajstić information content (AvgIpc) is 3.04. The zero-order valence-corrected chi connectivity index (χ0v) is 9.69. The second-order valence-corrected chi connectivity index (χ2v) is 4.51. The van der Waals surface area contributed by atoms with Gasteiger partial charge in [0.05, 0.1) is 7.11 Å². The van der Waals surface area contributed by atoms with Gasteiger partial charge in [-0.3, -0.25) is 0 Å². The topological polar surface area (TPSA) is 35.2 Å². The summed E-state index contributed by atoms with van der Waals surface area (Å²) in [6.45, 7) is 1.70. The number of ether oxygens (including phenoxy) is 1. The molecule has 1 aliphatic carbocycles. The Kier molecular flexibility index (Phi) is 2.81. The third kappa shape index (κ3) is 1.69. The van der Waals surface area contributed by atoms with Gasteiger partial charge in [0.1, 0.15) is 0 Å². The van der Waals surface area contributed by atoms with E-state index in [2.05, 4.69) is 0 Å². The van der Waals surface area contributed by atoms with Gasteiger partial charge in [0, 0.05) is 23.1 Å². The smallest absolute Gasteiger partial charge is 0.168 e. The summed E-state index contributed by atoms with van der Waals surface area (Å²) in [5.74, 6) is -3.39. The Hall–Kier alpha value is -1.23. The predicted octanol–water partition coefficient (Wildman–Crippen LogP) is 2.49. The maximum absolute atomic E-state index is 13.8. The Balaban J connectivity index is 2.67. The minimum atomic E-state index is -1.20. The Morgan fingerprint density at radius 3 is 2.29 bits per heavy atom. The van der Waals surface area contributed by atoms with Crippen LogP contribution in [-0.4, -0.2) is 13.2 Å². The molecule has 0 spiro atoms. The highest BCUT2D eigenvalue weighted by Crippen LogP contribution is 2.54. The molecule has 1 aromatic rings. The van der Waals surface area contributed by atoms with Crippen LogP contribution in [-0.2, 0) is 5.41 Å². The summed E-state index contributed by atoms with van der Waals surface area (Å²) in [7, 11) is 1.23. The van der Waals surface area contributed by atoms with Gasteiger partial charge < -0.3 is 10.5 Å². The fraction of sp³-hybridized carbons (Fsp3) is 0.500. The predicted molar refractivity (Wildman–Crippen MR) is 57.4 cm³/mol. The van der Waals surface area contributed by atoms with Crippen molar-refractivity contribution in [3.63, 3.8) is 0 Å². The van der Waals surface area contributed by atoms with Gasteiger partial charge in [0.15, 0.2) is 23.2 Å². The fourth-order valence-corrected chi connectivity index (χ4v) is 2.29. The van der Waals surface area contributed by atoms with E-state index < -0.39 is 22.9 Å². The molecule has 2 nitrogen and oxygen atoms in total. The maximum Gasteiger partial charge on any atom is 0.168 e. The van der Waals surface area contributed by atoms with Crippen molar-refractivity contribution in [2.45, 2.75) is 31.2 Å². The van der Waals surface area contributed by atoms with Crippen molar-refractivity contribution in [1.82, 2.24) is 0 Å². The van der Waals surface area contributed by atoms with Gasteiger partial charge in [-0.1, -0.05) is 0 Å². The fourth-order valence-electron chi connectivity index (χ4n) is 2.29. The first-order valence-corrected chi connectivity index (χ1v) is 5.41. The molecule has 1 saturated carbocycles. The third-order valence-corrected chi connectivity index (χ3v) is 3.49. The quantitative estimate of drug-likeness (QED) is 0.830. The van der Waals surface area contributed by atoms with Crippen LogP contribution in [0.1, 0.15) is 25.3 Å². The van der Waals surface area contributed by atoms with Crippen LogP contribution in [0.25, 0.3) is 0 Å². The van der Waals surface area contributed by atoms with E-state index in [0.717, 1.165) is 0 Å². The van der Waals surface area contributed by atoms with Crippen LogP contribution in [0.2, 0.25) is 0 Å². The molecule has 0 aliphatic heterocycles. The molecule has 2 N–H and O–H groups in total. The molecule has 94 valence electrons. The van der Waals surface area contributed by atoms with Crippen LogP contribution in [0.4, 0.5) is 13.2 Å². The van der Waals surface area contributed by atoms with E-state index >= 15 is 0 Å². The summed E-state index contributed by atoms with van der Waals surface area (Å²) in [6.07, 6.45) is 1.22. The van der Waals surface area contributed by atoms with Crippen LogP contribution in [0, 0.1) is 17.5 Å². The lowest BCUT2D eigenvalue weighted by molar-refractivity contribution is 0.354. The molecular weight excluding hydrogens is 231 g/mol. The van der Waals surface area contributed by atoms with Crippen LogP contribution in [0.5, 0.6) is 5.75 Å². The maximum atomic E-state index is 13.8. The molecule has 0 aromatic heterocycles. The van der Waals surface area contributed by atoms with Gasteiger partial charge in [-0.25, -0.2) is 13.2 Å². The van der Waals surface area contributed by atoms with Gasteiger partial charge in [0.25, 0.3) is 0 Å². The first-order valence-electron chi connectivity index (χ1n) is 5.41. The summed E-state index contributed by atoms with van der Waals surface area (Å²) in [5, 5.41) is 0. The highest BCUT2D eigenvalue weighted by Gasteiger charge is 2.52. The van der Waals surface area contributed by atoms with E-state index in [1.54, 1.807) is 6.92 Å². The van der Waals surface area contributed by atoms with E-state index in [9.17, 15) is 13.2 Å². The Morgan fingerprint density at radius 1 is 1.29 bits per heavy atom. The molecule has 0 heterocycles. The molecule has 1 fully saturated rings. The number of halogens is 3. The highest BCUT2D eigenvalue weighted by molar-refractivity contribution is 5.47. The minimum Gasteiger partial charge on any atom is -0.493 e. The van der Waals surface area contributed by atoms with Gasteiger partial charge in [0.2, 0.25) is 0 Å². The molecule has 5 heteroatoms. The molecule has 0 bridgehead atoms. The van der Waals surface area contributed by atoms with E-state index in [0.29, 0.717) is 18.9 Å². The monoisotopic (exact) mass is 245 g/mol. The average molecular weight is 245 g/mol. The van der Waals surface area contributed by atoms with Crippen molar-refractivity contribution < 1.29 is 17.9 Å². The van der Waals surface area contributed by atoms with Crippen molar-refractivity contribution in [2.24, 2.45) is 5.73 Å². The number of methoxy groups -OCH3 is 1. The number of benzene rings is 1. The van der Waals surface area contributed by atoms with Crippen LogP contribution in [0.3, 0.4) is 0 Å². The molecular formula is C12H14F3NO. The lowest BCUT2D eigenvalue weighted by atomic mass is 9.88. The number of hydrogen-bond donors (Lipinski definition) is 1. The number of nitrogens with two attached hydrogens (primary N) is 1. The summed E-state index contributed by atoms with van der Waals surface area (Å²) < 4.78 is 45.5. The van der Waals surface area contributed by atoms with E-state index in [-0.39, 0.29) is 17.4 Å². The first-order chi connectivity index (χ1) is 7.94. The number of hydrogen-bond acceptors (Lipinski definition) is 2. The molecule has 0 saturated heterocycles. The van der Waals surface area contributed by atoms with Crippen LogP contribution in [0.15, 0.2) is 6.07 Å². The van der Waals surface area contributed by atoms with Crippen LogP contribution >= 0.6 is 0 Å². The van der Waals surface area contributed by atoms with Crippen molar-refractivity contribution in [2.75, 3.05) is 7.11 Å². The highest BCUT2D eigenvalue weighted by atomic mass is 19.2. The first kappa shape index (κ1) is 12.2. The third-order valence-electron chi connectivity index (χ3n) is 3.49. The Morgan fingerprint density at radius 2 is 1.88 bits per heavy atom. The SMILES string of the molecule is COc1c(F)cc(F)c(F)c1C1(C(C)N)CC1. The number of rotatable bonds is 3. The molecule has 17 heavy (non-hydrogen) atoms. The summed E-state index contributed by atoms with van der Waals surface area (Å²) in [5.41, 5.74) is 5.03. The van der Waals surface area contributed by atoms with Crippen molar-refractivity contribution in [1.29, 1.82) is 0 Å². The molecule has 0 radical (unpaired) electrons. The van der Waals surface area contributed by atoms with Gasteiger partial charge in [-0.05, 0) is 19.8 Å². The minimum absolute atomic E-state index is 0.0625. The molecule has 2 rings (SSSR count). The zero-order valence-electron chi connectivity index (χ0n) is 9.69.